The maximum absolute atomic E-state index is 10.7. The highest BCUT2D eigenvalue weighted by Crippen LogP contribution is 2.53. The van der Waals surface area contributed by atoms with E-state index in [0.29, 0.717) is 11.7 Å². The van der Waals surface area contributed by atoms with Gasteiger partial charge in [0.2, 0.25) is 0 Å². The third-order valence-electron chi connectivity index (χ3n) is 7.67. The number of rotatable bonds is 7. The van der Waals surface area contributed by atoms with Gasteiger partial charge in [-0.25, -0.2) is 0 Å². The van der Waals surface area contributed by atoms with Gasteiger partial charge in [0.25, 0.3) is 0 Å². The summed E-state index contributed by atoms with van der Waals surface area (Å²) in [5.74, 6) is 2.04. The number of unbranched alkanes of at least 4 members (excludes halogenated alkanes) is 2. The molecule has 0 radical (unpaired) electrons. The number of fused-ring (bicyclic) bond motifs is 3. The molecule has 192 valence electrons. The molecule has 3 N–H and O–H groups in total. The van der Waals surface area contributed by atoms with E-state index >= 15 is 0 Å². The lowest BCUT2D eigenvalue weighted by atomic mass is 9.68. The smallest absolute Gasteiger partial charge is 0.127 e. The lowest BCUT2D eigenvalue weighted by molar-refractivity contribution is 0.0107. The van der Waals surface area contributed by atoms with Crippen LogP contribution in [0.5, 0.6) is 11.5 Å². The number of aliphatic hydroxyl groups excluding tert-OH is 1. The van der Waals surface area contributed by atoms with Crippen molar-refractivity contribution in [3.63, 3.8) is 0 Å². The summed E-state index contributed by atoms with van der Waals surface area (Å²) in [6.07, 6.45) is 8.84. The molecule has 2 aromatic rings. The number of allylic oxidation sites excluding steroid dienone is 2. The van der Waals surface area contributed by atoms with Crippen LogP contribution >= 0.6 is 0 Å². The highest BCUT2D eigenvalue weighted by molar-refractivity contribution is 5.54. The minimum atomic E-state index is -0.420. The van der Waals surface area contributed by atoms with Crippen LogP contribution < -0.4 is 10.1 Å². The summed E-state index contributed by atoms with van der Waals surface area (Å²) in [6, 6.07) is 13.9. The number of benzene rings is 2. The summed E-state index contributed by atoms with van der Waals surface area (Å²) in [4.78, 5) is 0. The molecule has 1 heterocycles. The van der Waals surface area contributed by atoms with Gasteiger partial charge in [0.05, 0.1) is 6.10 Å². The lowest BCUT2D eigenvalue weighted by Gasteiger charge is -2.46. The van der Waals surface area contributed by atoms with Gasteiger partial charge in [-0.05, 0) is 83.7 Å². The molecule has 4 heteroatoms. The number of ether oxygens (including phenoxy) is 1. The molecule has 0 fully saturated rings. The molecule has 1 aliphatic carbocycles. The first kappa shape index (κ1) is 27.3. The Kier molecular flexibility index (Phi) is 9.43. The molecule has 0 bridgehead atoms. The second-order valence-electron chi connectivity index (χ2n) is 10.8. The van der Waals surface area contributed by atoms with E-state index in [2.05, 4.69) is 45.2 Å². The van der Waals surface area contributed by atoms with E-state index in [9.17, 15) is 10.2 Å². The van der Waals surface area contributed by atoms with Crippen LogP contribution in [-0.2, 0) is 6.42 Å². The van der Waals surface area contributed by atoms with Crippen molar-refractivity contribution in [2.75, 3.05) is 7.05 Å². The number of aromatic hydroxyl groups is 1. The van der Waals surface area contributed by atoms with Crippen LogP contribution in [0.4, 0.5) is 0 Å². The van der Waals surface area contributed by atoms with Gasteiger partial charge in [-0.15, -0.1) is 0 Å². The van der Waals surface area contributed by atoms with E-state index in [0.717, 1.165) is 36.1 Å². The van der Waals surface area contributed by atoms with Gasteiger partial charge >= 0.3 is 0 Å². The Morgan fingerprint density at radius 2 is 1.86 bits per heavy atom. The Bertz CT molecular complexity index is 982. The minimum Gasteiger partial charge on any atom is -0.507 e. The van der Waals surface area contributed by atoms with E-state index in [1.54, 1.807) is 0 Å². The molecule has 4 nitrogen and oxygen atoms in total. The Hall–Kier alpha value is -2.30. The molecule has 2 aliphatic rings. The fourth-order valence-electron chi connectivity index (χ4n) is 5.40. The Morgan fingerprint density at radius 1 is 1.14 bits per heavy atom. The molecule has 0 unspecified atom stereocenters. The minimum absolute atomic E-state index is 0.0902. The van der Waals surface area contributed by atoms with E-state index in [4.69, 9.17) is 4.74 Å². The fourth-order valence-corrected chi connectivity index (χ4v) is 5.40. The topological polar surface area (TPSA) is 61.7 Å². The highest BCUT2D eigenvalue weighted by atomic mass is 16.5. The predicted molar refractivity (Wildman–Crippen MR) is 145 cm³/mol. The number of likely N-dealkylation sites (N-methyl/N-ethyl adjacent to an activating group) is 1. The number of hydrogen-bond acceptors (Lipinski definition) is 4. The summed E-state index contributed by atoms with van der Waals surface area (Å²) in [7, 11) is 1.84. The normalized spacial score (nSPS) is 21.9. The maximum atomic E-state index is 10.7. The monoisotopic (exact) mass is 479 g/mol. The highest BCUT2D eigenvalue weighted by Gasteiger charge is 2.45. The van der Waals surface area contributed by atoms with Crippen LogP contribution in [-0.4, -0.2) is 28.9 Å². The molecule has 0 saturated carbocycles. The van der Waals surface area contributed by atoms with E-state index < -0.39 is 6.10 Å². The zero-order valence-electron chi connectivity index (χ0n) is 22.5. The first-order valence-electron chi connectivity index (χ1n) is 13.3. The summed E-state index contributed by atoms with van der Waals surface area (Å²) < 4.78 is 6.36. The first-order chi connectivity index (χ1) is 16.7. The molecule has 0 spiro atoms. The molecular formula is C31H45NO3. The summed E-state index contributed by atoms with van der Waals surface area (Å²) in [5, 5.41) is 23.4. The molecule has 4 atom stereocenters. The van der Waals surface area contributed by atoms with Crippen LogP contribution in [0.25, 0.3) is 0 Å². The van der Waals surface area contributed by atoms with E-state index in [1.165, 1.54) is 30.4 Å². The van der Waals surface area contributed by atoms with Crippen LogP contribution in [0, 0.1) is 5.92 Å². The third-order valence-corrected chi connectivity index (χ3v) is 7.67. The van der Waals surface area contributed by atoms with Crippen molar-refractivity contribution in [1.82, 2.24) is 5.32 Å². The Labute approximate surface area is 212 Å². The second-order valence-corrected chi connectivity index (χ2v) is 10.8. The average molecular weight is 480 g/mol. The van der Waals surface area contributed by atoms with Gasteiger partial charge in [-0.1, -0.05) is 61.7 Å². The number of nitrogens with one attached hydrogen (secondary N) is 1. The largest absolute Gasteiger partial charge is 0.507 e. The first-order valence-corrected chi connectivity index (χ1v) is 13.3. The maximum Gasteiger partial charge on any atom is 0.127 e. The van der Waals surface area contributed by atoms with Crippen LogP contribution in [0.1, 0.15) is 95.4 Å². The molecule has 0 amide bonds. The number of phenols is 1. The number of aryl methyl sites for hydroxylation is 1. The molecule has 0 saturated heterocycles. The zero-order chi connectivity index (χ0) is 25.6. The van der Waals surface area contributed by atoms with Crippen molar-refractivity contribution < 1.29 is 14.9 Å². The van der Waals surface area contributed by atoms with Crippen molar-refractivity contribution >= 4 is 0 Å². The average Bonchev–Trinajstić information content (AvgIpc) is 2.83. The van der Waals surface area contributed by atoms with Gasteiger partial charge < -0.3 is 20.3 Å². The van der Waals surface area contributed by atoms with E-state index in [1.807, 2.05) is 50.4 Å². The summed E-state index contributed by atoms with van der Waals surface area (Å²) in [6.45, 7) is 10.8. The van der Waals surface area contributed by atoms with Gasteiger partial charge in [0.1, 0.15) is 17.1 Å². The Morgan fingerprint density at radius 3 is 2.51 bits per heavy atom. The van der Waals surface area contributed by atoms with Crippen molar-refractivity contribution in [1.29, 1.82) is 0 Å². The number of hydrogen-bond donors (Lipinski definition) is 3. The quantitative estimate of drug-likeness (QED) is 0.294. The van der Waals surface area contributed by atoms with Crippen molar-refractivity contribution in [2.24, 2.45) is 5.92 Å². The molecule has 0 aromatic heterocycles. The standard InChI is InChI=1S/C21H30O2.C10H15NO/c1-5-6-7-8-15-12-18(22)20-16-11-14(2)9-10-17(16)21(3,4)23-19(20)13-15;1-8(11-2)10(12)9-6-4-3-5-7-9/h11-13,16-17,22H,5-10H2,1-4H3;3-8,10-12H,1-2H3/t16-,17-;8-,10-/m10/s1. The molecule has 4 rings (SSSR count). The van der Waals surface area contributed by atoms with Gasteiger partial charge in [-0.2, -0.15) is 0 Å². The lowest BCUT2D eigenvalue weighted by Crippen LogP contribution is -2.45. The Balaban J connectivity index is 0.000000241. The summed E-state index contributed by atoms with van der Waals surface area (Å²) in [5.41, 5.74) is 4.41. The van der Waals surface area contributed by atoms with Crippen LogP contribution in [0.15, 0.2) is 54.1 Å². The summed E-state index contributed by atoms with van der Waals surface area (Å²) >= 11 is 0. The van der Waals surface area contributed by atoms with Gasteiger partial charge in [0.15, 0.2) is 0 Å². The molecule has 1 aliphatic heterocycles. The second kappa shape index (κ2) is 12.1. The SMILES string of the molecule is CCCCCc1cc(O)c2c(c1)OC(C)(C)[C@@H]1CCC(C)=C[C@@H]21.CN[C@@H](C)[C@H](O)c1ccccc1. The number of aliphatic hydroxyl groups is 1. The number of phenolic OH excluding ortho intramolecular Hbond substituents is 1. The predicted octanol–water partition coefficient (Wildman–Crippen LogP) is 7.06. The van der Waals surface area contributed by atoms with Gasteiger partial charge in [0, 0.05) is 23.4 Å². The fraction of sp³-hybridized carbons (Fsp3) is 0.548. The van der Waals surface area contributed by atoms with Crippen LogP contribution in [0.3, 0.4) is 0 Å². The van der Waals surface area contributed by atoms with Crippen LogP contribution in [0.2, 0.25) is 0 Å². The van der Waals surface area contributed by atoms with Crippen molar-refractivity contribution in [3.05, 3.63) is 70.8 Å². The van der Waals surface area contributed by atoms with Crippen molar-refractivity contribution in [3.8, 4) is 11.5 Å². The zero-order valence-corrected chi connectivity index (χ0v) is 22.5. The molecule has 2 aromatic carbocycles. The molecule has 35 heavy (non-hydrogen) atoms. The van der Waals surface area contributed by atoms with E-state index in [-0.39, 0.29) is 17.6 Å². The molecular weight excluding hydrogens is 434 g/mol. The third kappa shape index (κ3) is 6.68. The van der Waals surface area contributed by atoms with Crippen molar-refractivity contribution in [2.45, 2.75) is 96.8 Å². The van der Waals surface area contributed by atoms with Gasteiger partial charge in [-0.3, -0.25) is 0 Å².